The molecule has 2 aromatic rings. The van der Waals surface area contributed by atoms with Crippen molar-refractivity contribution < 1.29 is 9.59 Å². The molecule has 22 heavy (non-hydrogen) atoms. The average Bonchev–Trinajstić information content (AvgIpc) is 3.23. The van der Waals surface area contributed by atoms with Crippen molar-refractivity contribution in [2.24, 2.45) is 0 Å². The summed E-state index contributed by atoms with van der Waals surface area (Å²) >= 11 is 1.41. The number of thiophene rings is 1. The molecule has 0 radical (unpaired) electrons. The quantitative estimate of drug-likeness (QED) is 0.942. The van der Waals surface area contributed by atoms with E-state index in [1.807, 2.05) is 40.6 Å². The lowest BCUT2D eigenvalue weighted by molar-refractivity contribution is -0.129. The fraction of sp³-hybridized carbons (Fsp3) is 0.294. The van der Waals surface area contributed by atoms with E-state index in [1.165, 1.54) is 11.3 Å². The SMILES string of the molecule is O=C(Nc1ccc(CC(=O)N2CCCC2)cc1)c1cccs1. The fourth-order valence-electron chi connectivity index (χ4n) is 2.56. The standard InChI is InChI=1S/C17H18N2O2S/c20-16(19-9-1-2-10-19)12-13-5-7-14(8-6-13)18-17(21)15-4-3-11-22-15/h3-8,11H,1-2,9-10,12H2,(H,18,21). The molecule has 2 amide bonds. The van der Waals surface area contributed by atoms with E-state index in [4.69, 9.17) is 0 Å². The smallest absolute Gasteiger partial charge is 0.265 e. The van der Waals surface area contributed by atoms with Crippen molar-refractivity contribution in [1.29, 1.82) is 0 Å². The molecule has 5 heteroatoms. The number of carbonyl (C=O) groups is 2. The van der Waals surface area contributed by atoms with Crippen molar-refractivity contribution in [1.82, 2.24) is 4.90 Å². The predicted molar refractivity (Wildman–Crippen MR) is 88.2 cm³/mol. The Morgan fingerprint density at radius 3 is 2.45 bits per heavy atom. The van der Waals surface area contributed by atoms with Crippen LogP contribution < -0.4 is 5.32 Å². The second-order valence-corrected chi connectivity index (χ2v) is 6.34. The van der Waals surface area contributed by atoms with Gasteiger partial charge in [0, 0.05) is 18.8 Å². The van der Waals surface area contributed by atoms with E-state index >= 15 is 0 Å². The summed E-state index contributed by atoms with van der Waals surface area (Å²) in [6.07, 6.45) is 2.65. The van der Waals surface area contributed by atoms with Crippen LogP contribution in [0, 0.1) is 0 Å². The molecule has 1 aliphatic heterocycles. The Hall–Kier alpha value is -2.14. The Kier molecular flexibility index (Phi) is 4.53. The van der Waals surface area contributed by atoms with Crippen LogP contribution in [0.25, 0.3) is 0 Å². The molecule has 0 spiro atoms. The lowest BCUT2D eigenvalue weighted by Crippen LogP contribution is -2.29. The first-order valence-corrected chi connectivity index (χ1v) is 8.32. The van der Waals surface area contributed by atoms with Gasteiger partial charge in [0.05, 0.1) is 11.3 Å². The molecular formula is C17H18N2O2S. The van der Waals surface area contributed by atoms with Crippen LogP contribution in [0.5, 0.6) is 0 Å². The Morgan fingerprint density at radius 1 is 1.09 bits per heavy atom. The molecule has 1 fully saturated rings. The lowest BCUT2D eigenvalue weighted by Gasteiger charge is -2.15. The van der Waals surface area contributed by atoms with Crippen molar-refractivity contribution >= 4 is 28.8 Å². The number of hydrogen-bond donors (Lipinski definition) is 1. The van der Waals surface area contributed by atoms with Crippen LogP contribution in [0.1, 0.15) is 28.1 Å². The summed E-state index contributed by atoms with van der Waals surface area (Å²) in [5.41, 5.74) is 1.72. The minimum absolute atomic E-state index is 0.101. The van der Waals surface area contributed by atoms with Gasteiger partial charge in [-0.05, 0) is 42.0 Å². The van der Waals surface area contributed by atoms with Gasteiger partial charge in [0.1, 0.15) is 0 Å². The highest BCUT2D eigenvalue weighted by molar-refractivity contribution is 7.12. The van der Waals surface area contributed by atoms with Gasteiger partial charge in [0.25, 0.3) is 5.91 Å². The highest BCUT2D eigenvalue weighted by Crippen LogP contribution is 2.16. The van der Waals surface area contributed by atoms with E-state index in [0.29, 0.717) is 11.3 Å². The maximum absolute atomic E-state index is 12.1. The summed E-state index contributed by atoms with van der Waals surface area (Å²) < 4.78 is 0. The van der Waals surface area contributed by atoms with Gasteiger partial charge in [-0.3, -0.25) is 9.59 Å². The molecule has 114 valence electrons. The Bertz CT molecular complexity index is 644. The number of rotatable bonds is 4. The van der Waals surface area contributed by atoms with Crippen LogP contribution in [0.4, 0.5) is 5.69 Å². The normalized spacial score (nSPS) is 14.1. The van der Waals surface area contributed by atoms with Gasteiger partial charge in [0.15, 0.2) is 0 Å². The number of nitrogens with zero attached hydrogens (tertiary/aromatic N) is 1. The molecule has 0 atom stereocenters. The third-order valence-corrected chi connectivity index (χ3v) is 4.64. The summed E-state index contributed by atoms with van der Waals surface area (Å²) in [4.78, 5) is 26.7. The number of benzene rings is 1. The van der Waals surface area contributed by atoms with Gasteiger partial charge >= 0.3 is 0 Å². The van der Waals surface area contributed by atoms with E-state index in [2.05, 4.69) is 5.32 Å². The number of likely N-dealkylation sites (tertiary alicyclic amines) is 1. The number of amides is 2. The second-order valence-electron chi connectivity index (χ2n) is 5.39. The summed E-state index contributed by atoms with van der Waals surface area (Å²) in [6.45, 7) is 1.77. The molecule has 0 unspecified atom stereocenters. The Labute approximate surface area is 133 Å². The van der Waals surface area contributed by atoms with Crippen molar-refractivity contribution in [3.63, 3.8) is 0 Å². The number of anilines is 1. The highest BCUT2D eigenvalue weighted by atomic mass is 32.1. The molecule has 1 saturated heterocycles. The zero-order valence-corrected chi connectivity index (χ0v) is 13.1. The summed E-state index contributed by atoms with van der Waals surface area (Å²) in [5.74, 6) is 0.0868. The van der Waals surface area contributed by atoms with Crippen LogP contribution in [0.3, 0.4) is 0 Å². The molecule has 1 aromatic carbocycles. The summed E-state index contributed by atoms with van der Waals surface area (Å²) in [6, 6.07) is 11.1. The zero-order chi connectivity index (χ0) is 15.4. The first-order valence-electron chi connectivity index (χ1n) is 7.44. The molecule has 1 N–H and O–H groups in total. The van der Waals surface area contributed by atoms with Gasteiger partial charge in [-0.2, -0.15) is 0 Å². The fourth-order valence-corrected chi connectivity index (χ4v) is 3.18. The molecule has 1 aliphatic rings. The maximum Gasteiger partial charge on any atom is 0.265 e. The van der Waals surface area contributed by atoms with E-state index in [0.717, 1.165) is 37.2 Å². The highest BCUT2D eigenvalue weighted by Gasteiger charge is 2.17. The lowest BCUT2D eigenvalue weighted by atomic mass is 10.1. The Balaban J connectivity index is 1.58. The molecule has 1 aromatic heterocycles. The maximum atomic E-state index is 12.1. The molecular weight excluding hydrogens is 296 g/mol. The largest absolute Gasteiger partial charge is 0.342 e. The first kappa shape index (κ1) is 14.8. The first-order chi connectivity index (χ1) is 10.7. The van der Waals surface area contributed by atoms with Crippen molar-refractivity contribution in [3.05, 3.63) is 52.2 Å². The van der Waals surface area contributed by atoms with E-state index in [-0.39, 0.29) is 11.8 Å². The molecule has 4 nitrogen and oxygen atoms in total. The van der Waals surface area contributed by atoms with Crippen LogP contribution in [-0.4, -0.2) is 29.8 Å². The average molecular weight is 314 g/mol. The second kappa shape index (κ2) is 6.75. The number of hydrogen-bond acceptors (Lipinski definition) is 3. The van der Waals surface area contributed by atoms with Crippen LogP contribution in [0.15, 0.2) is 41.8 Å². The van der Waals surface area contributed by atoms with E-state index < -0.39 is 0 Å². The monoisotopic (exact) mass is 314 g/mol. The topological polar surface area (TPSA) is 49.4 Å². The molecule has 0 saturated carbocycles. The number of carbonyl (C=O) groups excluding carboxylic acids is 2. The zero-order valence-electron chi connectivity index (χ0n) is 12.2. The summed E-state index contributed by atoms with van der Waals surface area (Å²) in [7, 11) is 0. The number of nitrogens with one attached hydrogen (secondary N) is 1. The minimum Gasteiger partial charge on any atom is -0.342 e. The van der Waals surface area contributed by atoms with E-state index in [9.17, 15) is 9.59 Å². The molecule has 0 bridgehead atoms. The molecule has 2 heterocycles. The van der Waals surface area contributed by atoms with Gasteiger partial charge in [-0.15, -0.1) is 11.3 Å². The van der Waals surface area contributed by atoms with Crippen molar-refractivity contribution in [3.8, 4) is 0 Å². The van der Waals surface area contributed by atoms with Crippen LogP contribution in [-0.2, 0) is 11.2 Å². The van der Waals surface area contributed by atoms with E-state index in [1.54, 1.807) is 6.07 Å². The third kappa shape index (κ3) is 3.54. The summed E-state index contributed by atoms with van der Waals surface area (Å²) in [5, 5.41) is 4.73. The van der Waals surface area contributed by atoms with Gasteiger partial charge in [-0.1, -0.05) is 18.2 Å². The molecule has 3 rings (SSSR count). The Morgan fingerprint density at radius 2 is 1.82 bits per heavy atom. The van der Waals surface area contributed by atoms with Crippen LogP contribution in [0.2, 0.25) is 0 Å². The van der Waals surface area contributed by atoms with Crippen LogP contribution >= 0.6 is 11.3 Å². The minimum atomic E-state index is -0.101. The van der Waals surface area contributed by atoms with Gasteiger partial charge in [0.2, 0.25) is 5.91 Å². The van der Waals surface area contributed by atoms with Gasteiger partial charge in [-0.25, -0.2) is 0 Å². The van der Waals surface area contributed by atoms with Gasteiger partial charge < -0.3 is 10.2 Å². The van der Waals surface area contributed by atoms with Crippen molar-refractivity contribution in [2.75, 3.05) is 18.4 Å². The predicted octanol–water partition coefficient (Wildman–Crippen LogP) is 3.17. The van der Waals surface area contributed by atoms with Crippen molar-refractivity contribution in [2.45, 2.75) is 19.3 Å². The third-order valence-electron chi connectivity index (χ3n) is 3.77. The molecule has 0 aliphatic carbocycles.